The number of carbonyl (C=O) groups excluding carboxylic acids is 1. The Balaban J connectivity index is 1.30. The SMILES string of the molecule is COc1ccc([C@@H](CNC(=O)N2CCN(Cc3ccsc3)CC2)N2CCCC2)cc1. The standard InChI is InChI=1S/C23H32N4O2S/c1-29-21-6-4-20(5-7-21)22(26-9-2-3-10-26)16-24-23(28)27-13-11-25(12-14-27)17-19-8-15-30-18-19/h4-8,15,18,22H,2-3,9-14,16-17H2,1H3,(H,24,28)/t22-/m1/s1. The minimum Gasteiger partial charge on any atom is -0.497 e. The van der Waals surface area contributed by atoms with Gasteiger partial charge in [-0.2, -0.15) is 11.3 Å². The van der Waals surface area contributed by atoms with Gasteiger partial charge in [0.1, 0.15) is 5.75 Å². The lowest BCUT2D eigenvalue weighted by molar-refractivity contribution is 0.133. The number of hydrogen-bond donors (Lipinski definition) is 1. The number of nitrogens with zero attached hydrogens (tertiary/aromatic N) is 3. The van der Waals surface area contributed by atoms with Gasteiger partial charge in [-0.05, 0) is 66.0 Å². The van der Waals surface area contributed by atoms with Crippen LogP contribution >= 0.6 is 11.3 Å². The van der Waals surface area contributed by atoms with E-state index >= 15 is 0 Å². The lowest BCUT2D eigenvalue weighted by atomic mass is 10.1. The van der Waals surface area contributed by atoms with E-state index in [1.54, 1.807) is 18.4 Å². The molecule has 2 saturated heterocycles. The monoisotopic (exact) mass is 428 g/mol. The third-order valence-electron chi connectivity index (χ3n) is 6.17. The summed E-state index contributed by atoms with van der Waals surface area (Å²) in [6.45, 7) is 7.23. The molecule has 7 heteroatoms. The number of methoxy groups -OCH3 is 1. The van der Waals surface area contributed by atoms with Crippen LogP contribution in [0.5, 0.6) is 5.75 Å². The molecule has 0 bridgehead atoms. The molecule has 1 atom stereocenters. The molecule has 2 aromatic rings. The molecule has 0 unspecified atom stereocenters. The highest BCUT2D eigenvalue weighted by Crippen LogP contribution is 2.26. The van der Waals surface area contributed by atoms with Crippen molar-refractivity contribution in [2.24, 2.45) is 0 Å². The summed E-state index contributed by atoms with van der Waals surface area (Å²) in [6, 6.07) is 10.7. The molecule has 1 aromatic carbocycles. The van der Waals surface area contributed by atoms with E-state index in [9.17, 15) is 4.79 Å². The normalized spacial score (nSPS) is 19.0. The zero-order valence-corrected chi connectivity index (χ0v) is 18.6. The van der Waals surface area contributed by atoms with Crippen molar-refractivity contribution in [2.45, 2.75) is 25.4 Å². The van der Waals surface area contributed by atoms with E-state index in [2.05, 4.69) is 44.1 Å². The average molecular weight is 429 g/mol. The van der Waals surface area contributed by atoms with Crippen LogP contribution in [0.2, 0.25) is 0 Å². The van der Waals surface area contributed by atoms with Gasteiger partial charge in [0.05, 0.1) is 13.2 Å². The summed E-state index contributed by atoms with van der Waals surface area (Å²) in [4.78, 5) is 19.7. The first-order chi connectivity index (χ1) is 14.7. The molecule has 0 radical (unpaired) electrons. The van der Waals surface area contributed by atoms with Crippen molar-refractivity contribution >= 4 is 17.4 Å². The Bertz CT molecular complexity index is 782. The number of rotatable bonds is 7. The van der Waals surface area contributed by atoms with Crippen molar-refractivity contribution in [3.8, 4) is 5.75 Å². The molecule has 0 saturated carbocycles. The maximum absolute atomic E-state index is 12.8. The zero-order chi connectivity index (χ0) is 20.8. The predicted molar refractivity (Wildman–Crippen MR) is 121 cm³/mol. The molecule has 2 aliphatic heterocycles. The smallest absolute Gasteiger partial charge is 0.317 e. The molecular weight excluding hydrogens is 396 g/mol. The molecule has 2 fully saturated rings. The van der Waals surface area contributed by atoms with Crippen molar-refractivity contribution in [3.63, 3.8) is 0 Å². The van der Waals surface area contributed by atoms with Crippen LogP contribution in [0.15, 0.2) is 41.1 Å². The quantitative estimate of drug-likeness (QED) is 0.734. The number of hydrogen-bond acceptors (Lipinski definition) is 5. The van der Waals surface area contributed by atoms with Crippen molar-refractivity contribution in [3.05, 3.63) is 52.2 Å². The number of nitrogens with one attached hydrogen (secondary N) is 1. The molecule has 0 aliphatic carbocycles. The minimum atomic E-state index is 0.0582. The van der Waals surface area contributed by atoms with Gasteiger partial charge in [0.15, 0.2) is 0 Å². The van der Waals surface area contributed by atoms with Gasteiger partial charge in [-0.25, -0.2) is 4.79 Å². The van der Waals surface area contributed by atoms with E-state index in [1.165, 1.54) is 24.0 Å². The fourth-order valence-electron chi connectivity index (χ4n) is 4.38. The summed E-state index contributed by atoms with van der Waals surface area (Å²) in [5, 5.41) is 7.54. The van der Waals surface area contributed by atoms with Crippen molar-refractivity contribution in [2.75, 3.05) is 52.9 Å². The van der Waals surface area contributed by atoms with Crippen LogP contribution in [0.3, 0.4) is 0 Å². The molecule has 4 rings (SSSR count). The molecular formula is C23H32N4O2S. The highest BCUT2D eigenvalue weighted by Gasteiger charge is 2.26. The summed E-state index contributed by atoms with van der Waals surface area (Å²) >= 11 is 1.74. The number of piperazine rings is 1. The van der Waals surface area contributed by atoms with Crippen LogP contribution in [0, 0.1) is 0 Å². The second-order valence-electron chi connectivity index (χ2n) is 8.11. The Morgan fingerprint density at radius 3 is 2.43 bits per heavy atom. The first-order valence-corrected chi connectivity index (χ1v) is 11.8. The fraction of sp³-hybridized carbons (Fsp3) is 0.522. The van der Waals surface area contributed by atoms with E-state index in [0.717, 1.165) is 51.6 Å². The Hall–Kier alpha value is -2.09. The molecule has 1 aromatic heterocycles. The molecule has 2 amide bonds. The number of urea groups is 1. The number of benzene rings is 1. The summed E-state index contributed by atoms with van der Waals surface area (Å²) in [5.74, 6) is 0.864. The van der Waals surface area contributed by atoms with Crippen LogP contribution in [-0.2, 0) is 6.54 Å². The minimum absolute atomic E-state index is 0.0582. The summed E-state index contributed by atoms with van der Waals surface area (Å²) in [5.41, 5.74) is 2.60. The van der Waals surface area contributed by atoms with Gasteiger partial charge in [0.25, 0.3) is 0 Å². The molecule has 6 nitrogen and oxygen atoms in total. The molecule has 162 valence electrons. The Labute approximate surface area is 183 Å². The van der Waals surface area contributed by atoms with Gasteiger partial charge in [-0.1, -0.05) is 12.1 Å². The van der Waals surface area contributed by atoms with Gasteiger partial charge in [-0.15, -0.1) is 0 Å². The third-order valence-corrected chi connectivity index (χ3v) is 6.91. The Morgan fingerprint density at radius 1 is 1.07 bits per heavy atom. The number of ether oxygens (including phenoxy) is 1. The fourth-order valence-corrected chi connectivity index (χ4v) is 5.04. The maximum Gasteiger partial charge on any atom is 0.317 e. The van der Waals surface area contributed by atoms with Crippen LogP contribution in [0.4, 0.5) is 4.79 Å². The second kappa shape index (κ2) is 10.3. The first-order valence-electron chi connectivity index (χ1n) is 10.9. The largest absolute Gasteiger partial charge is 0.497 e. The maximum atomic E-state index is 12.8. The van der Waals surface area contributed by atoms with Gasteiger partial charge in [0.2, 0.25) is 0 Å². The topological polar surface area (TPSA) is 48.1 Å². The highest BCUT2D eigenvalue weighted by atomic mass is 32.1. The van der Waals surface area contributed by atoms with Gasteiger partial charge in [0, 0.05) is 39.3 Å². The van der Waals surface area contributed by atoms with Gasteiger partial charge in [-0.3, -0.25) is 9.80 Å². The average Bonchev–Trinajstić information content (AvgIpc) is 3.49. The van der Waals surface area contributed by atoms with E-state index in [0.29, 0.717) is 6.54 Å². The number of thiophene rings is 1. The van der Waals surface area contributed by atoms with E-state index < -0.39 is 0 Å². The van der Waals surface area contributed by atoms with E-state index in [1.807, 2.05) is 17.0 Å². The second-order valence-corrected chi connectivity index (χ2v) is 8.89. The van der Waals surface area contributed by atoms with Crippen LogP contribution in [-0.4, -0.2) is 73.7 Å². The lowest BCUT2D eigenvalue weighted by Gasteiger charge is -2.35. The third kappa shape index (κ3) is 5.33. The molecule has 3 heterocycles. The van der Waals surface area contributed by atoms with Crippen molar-refractivity contribution < 1.29 is 9.53 Å². The van der Waals surface area contributed by atoms with Gasteiger partial charge >= 0.3 is 6.03 Å². The van der Waals surface area contributed by atoms with Crippen molar-refractivity contribution in [1.82, 2.24) is 20.0 Å². The molecule has 30 heavy (non-hydrogen) atoms. The predicted octanol–water partition coefficient (Wildman–Crippen LogP) is 3.42. The molecule has 1 N–H and O–H groups in total. The van der Waals surface area contributed by atoms with Gasteiger partial charge < -0.3 is 15.0 Å². The molecule has 2 aliphatic rings. The van der Waals surface area contributed by atoms with Crippen molar-refractivity contribution in [1.29, 1.82) is 0 Å². The summed E-state index contributed by atoms with van der Waals surface area (Å²) in [7, 11) is 1.69. The number of carbonyl (C=O) groups is 1. The summed E-state index contributed by atoms with van der Waals surface area (Å²) in [6.07, 6.45) is 2.46. The number of likely N-dealkylation sites (tertiary alicyclic amines) is 1. The van der Waals surface area contributed by atoms with E-state index in [4.69, 9.17) is 4.74 Å². The highest BCUT2D eigenvalue weighted by molar-refractivity contribution is 7.07. The Kier molecular flexibility index (Phi) is 7.25. The molecule has 0 spiro atoms. The van der Waals surface area contributed by atoms with E-state index in [-0.39, 0.29) is 12.1 Å². The zero-order valence-electron chi connectivity index (χ0n) is 17.8. The van der Waals surface area contributed by atoms with Crippen LogP contribution in [0.25, 0.3) is 0 Å². The van der Waals surface area contributed by atoms with Crippen LogP contribution in [0.1, 0.15) is 30.0 Å². The van der Waals surface area contributed by atoms with Crippen LogP contribution < -0.4 is 10.1 Å². The Morgan fingerprint density at radius 2 is 1.80 bits per heavy atom. The number of amides is 2. The first kappa shape index (κ1) is 21.2. The summed E-state index contributed by atoms with van der Waals surface area (Å²) < 4.78 is 5.30. The lowest BCUT2D eigenvalue weighted by Crippen LogP contribution is -2.52.